The predicted molar refractivity (Wildman–Crippen MR) is 54.1 cm³/mol. The number of carbonyl (C=O) groups excluding carboxylic acids is 1. The highest BCUT2D eigenvalue weighted by Crippen LogP contribution is 2.15. The van der Waals surface area contributed by atoms with Crippen LogP contribution >= 0.6 is 0 Å². The van der Waals surface area contributed by atoms with Gasteiger partial charge in [-0.3, -0.25) is 4.79 Å². The zero-order chi connectivity index (χ0) is 9.68. The first-order valence-corrected chi connectivity index (χ1v) is 4.90. The summed E-state index contributed by atoms with van der Waals surface area (Å²) in [6, 6.07) is 0. The zero-order valence-electron chi connectivity index (χ0n) is 8.39. The maximum Gasteiger partial charge on any atom is 0.224 e. The van der Waals surface area contributed by atoms with Crippen LogP contribution in [0.4, 0.5) is 0 Å². The lowest BCUT2D eigenvalue weighted by Gasteiger charge is -2.04. The number of nitrogens with one attached hydrogen (secondary N) is 1. The Kier molecular flexibility index (Phi) is 3.74. The molecule has 1 aliphatic rings. The minimum atomic E-state index is 0.146. The Morgan fingerprint density at radius 3 is 2.92 bits per heavy atom. The standard InChI is InChI=1S/C11H17NO/c1-3-4-7-10-9(2)6-5-8-11(13)12-10/h4,7H,3,5-6,8H2,1-2H3,(H,12,13)/b7-4-. The summed E-state index contributed by atoms with van der Waals surface area (Å²) >= 11 is 0. The van der Waals surface area contributed by atoms with Crippen molar-refractivity contribution in [3.8, 4) is 0 Å². The van der Waals surface area contributed by atoms with Crippen molar-refractivity contribution >= 4 is 5.91 Å². The SMILES string of the molecule is CC/C=C\C1=C(C)CCCC(=O)N1. The van der Waals surface area contributed by atoms with Gasteiger partial charge in [-0.2, -0.15) is 0 Å². The van der Waals surface area contributed by atoms with Gasteiger partial charge in [-0.1, -0.05) is 13.0 Å². The van der Waals surface area contributed by atoms with Crippen molar-refractivity contribution < 1.29 is 4.79 Å². The Morgan fingerprint density at radius 1 is 1.46 bits per heavy atom. The number of carbonyl (C=O) groups is 1. The van der Waals surface area contributed by atoms with E-state index in [1.807, 2.05) is 6.08 Å². The fourth-order valence-corrected chi connectivity index (χ4v) is 1.39. The van der Waals surface area contributed by atoms with Gasteiger partial charge in [0, 0.05) is 12.1 Å². The molecule has 0 atom stereocenters. The average molecular weight is 179 g/mol. The molecule has 0 saturated heterocycles. The molecule has 0 aliphatic carbocycles. The van der Waals surface area contributed by atoms with E-state index in [-0.39, 0.29) is 5.91 Å². The summed E-state index contributed by atoms with van der Waals surface area (Å²) in [5.41, 5.74) is 2.29. The predicted octanol–water partition coefficient (Wildman–Crippen LogP) is 2.53. The number of hydrogen-bond acceptors (Lipinski definition) is 1. The Morgan fingerprint density at radius 2 is 2.23 bits per heavy atom. The third kappa shape index (κ3) is 3.05. The molecule has 1 N–H and O–H groups in total. The fourth-order valence-electron chi connectivity index (χ4n) is 1.39. The van der Waals surface area contributed by atoms with Gasteiger partial charge in [-0.05, 0) is 37.8 Å². The summed E-state index contributed by atoms with van der Waals surface area (Å²) < 4.78 is 0. The number of hydrogen-bond donors (Lipinski definition) is 1. The molecule has 2 nitrogen and oxygen atoms in total. The molecule has 1 heterocycles. The van der Waals surface area contributed by atoms with Crippen molar-refractivity contribution in [3.63, 3.8) is 0 Å². The molecule has 0 aromatic carbocycles. The van der Waals surface area contributed by atoms with E-state index in [9.17, 15) is 4.79 Å². The molecular formula is C11H17NO. The van der Waals surface area contributed by atoms with Crippen LogP contribution in [0, 0.1) is 0 Å². The Hall–Kier alpha value is -1.05. The molecule has 2 heteroatoms. The van der Waals surface area contributed by atoms with Crippen LogP contribution in [0.15, 0.2) is 23.4 Å². The molecule has 72 valence electrons. The molecule has 1 aliphatic heterocycles. The van der Waals surface area contributed by atoms with Crippen LogP contribution in [-0.4, -0.2) is 5.91 Å². The van der Waals surface area contributed by atoms with Crippen molar-refractivity contribution in [2.75, 3.05) is 0 Å². The molecule has 0 aromatic heterocycles. The van der Waals surface area contributed by atoms with Crippen molar-refractivity contribution in [1.29, 1.82) is 0 Å². The molecule has 0 spiro atoms. The largest absolute Gasteiger partial charge is 0.326 e. The average Bonchev–Trinajstić information content (AvgIpc) is 2.25. The summed E-state index contributed by atoms with van der Waals surface area (Å²) in [4.78, 5) is 11.2. The van der Waals surface area contributed by atoms with Gasteiger partial charge in [-0.25, -0.2) is 0 Å². The molecule has 1 amide bonds. The van der Waals surface area contributed by atoms with Crippen LogP contribution in [0.5, 0.6) is 0 Å². The fraction of sp³-hybridized carbons (Fsp3) is 0.545. The van der Waals surface area contributed by atoms with E-state index in [4.69, 9.17) is 0 Å². The highest BCUT2D eigenvalue weighted by molar-refractivity contribution is 5.79. The van der Waals surface area contributed by atoms with Crippen molar-refractivity contribution in [3.05, 3.63) is 23.4 Å². The first-order valence-electron chi connectivity index (χ1n) is 4.90. The van der Waals surface area contributed by atoms with Crippen LogP contribution in [0.3, 0.4) is 0 Å². The number of rotatable bonds is 2. The molecule has 13 heavy (non-hydrogen) atoms. The van der Waals surface area contributed by atoms with Gasteiger partial charge in [0.2, 0.25) is 5.91 Å². The molecular weight excluding hydrogens is 162 g/mol. The molecule has 0 radical (unpaired) electrons. The Balaban J connectivity index is 2.75. The van der Waals surface area contributed by atoms with E-state index >= 15 is 0 Å². The highest BCUT2D eigenvalue weighted by Gasteiger charge is 2.10. The molecule has 0 saturated carbocycles. The van der Waals surface area contributed by atoms with Crippen LogP contribution in [-0.2, 0) is 4.79 Å². The first kappa shape index (κ1) is 10.0. The summed E-state index contributed by atoms with van der Waals surface area (Å²) in [7, 11) is 0. The molecule has 0 bridgehead atoms. The Bertz CT molecular complexity index is 251. The normalized spacial score (nSPS) is 19.1. The van der Waals surface area contributed by atoms with Crippen LogP contribution in [0.25, 0.3) is 0 Å². The van der Waals surface area contributed by atoms with E-state index < -0.39 is 0 Å². The molecule has 0 fully saturated rings. The van der Waals surface area contributed by atoms with E-state index in [2.05, 4.69) is 25.2 Å². The summed E-state index contributed by atoms with van der Waals surface area (Å²) in [6.45, 7) is 4.17. The van der Waals surface area contributed by atoms with Gasteiger partial charge in [0.1, 0.15) is 0 Å². The second kappa shape index (κ2) is 4.85. The van der Waals surface area contributed by atoms with E-state index in [0.717, 1.165) is 25.0 Å². The summed E-state index contributed by atoms with van der Waals surface area (Å²) in [5, 5.41) is 2.92. The second-order valence-corrected chi connectivity index (χ2v) is 3.41. The van der Waals surface area contributed by atoms with Gasteiger partial charge in [0.05, 0.1) is 0 Å². The van der Waals surface area contributed by atoms with Crippen LogP contribution in [0.2, 0.25) is 0 Å². The quantitative estimate of drug-likeness (QED) is 0.693. The minimum Gasteiger partial charge on any atom is -0.326 e. The van der Waals surface area contributed by atoms with E-state index in [1.165, 1.54) is 5.57 Å². The number of amides is 1. The topological polar surface area (TPSA) is 29.1 Å². The monoisotopic (exact) mass is 179 g/mol. The third-order valence-electron chi connectivity index (χ3n) is 2.21. The van der Waals surface area contributed by atoms with Gasteiger partial charge < -0.3 is 5.32 Å². The first-order chi connectivity index (χ1) is 6.24. The van der Waals surface area contributed by atoms with Crippen molar-refractivity contribution in [2.24, 2.45) is 0 Å². The summed E-state index contributed by atoms with van der Waals surface area (Å²) in [5.74, 6) is 0.146. The summed E-state index contributed by atoms with van der Waals surface area (Å²) in [6.07, 6.45) is 7.75. The second-order valence-electron chi connectivity index (χ2n) is 3.41. The number of allylic oxidation sites excluding steroid dienone is 3. The molecule has 0 aromatic rings. The maximum absolute atomic E-state index is 11.2. The zero-order valence-corrected chi connectivity index (χ0v) is 8.39. The Labute approximate surface area is 79.7 Å². The van der Waals surface area contributed by atoms with E-state index in [0.29, 0.717) is 6.42 Å². The smallest absolute Gasteiger partial charge is 0.224 e. The van der Waals surface area contributed by atoms with E-state index in [1.54, 1.807) is 0 Å². The molecule has 1 rings (SSSR count). The van der Waals surface area contributed by atoms with Gasteiger partial charge >= 0.3 is 0 Å². The lowest BCUT2D eigenvalue weighted by Crippen LogP contribution is -2.20. The molecule has 0 unspecified atom stereocenters. The lowest BCUT2D eigenvalue weighted by molar-refractivity contribution is -0.120. The van der Waals surface area contributed by atoms with Crippen molar-refractivity contribution in [2.45, 2.75) is 39.5 Å². The third-order valence-corrected chi connectivity index (χ3v) is 2.21. The maximum atomic E-state index is 11.2. The minimum absolute atomic E-state index is 0.146. The lowest BCUT2D eigenvalue weighted by atomic mass is 10.1. The van der Waals surface area contributed by atoms with Crippen LogP contribution in [0.1, 0.15) is 39.5 Å². The highest BCUT2D eigenvalue weighted by atomic mass is 16.1. The van der Waals surface area contributed by atoms with Gasteiger partial charge in [-0.15, -0.1) is 0 Å². The van der Waals surface area contributed by atoms with Crippen molar-refractivity contribution in [1.82, 2.24) is 5.32 Å². The van der Waals surface area contributed by atoms with Gasteiger partial charge in [0.25, 0.3) is 0 Å². The van der Waals surface area contributed by atoms with Crippen LogP contribution < -0.4 is 5.32 Å². The van der Waals surface area contributed by atoms with Gasteiger partial charge in [0.15, 0.2) is 0 Å².